The maximum Gasteiger partial charge on any atom is 0.416 e. The smallest absolute Gasteiger partial charge is 0.370 e. The van der Waals surface area contributed by atoms with Crippen LogP contribution in [0, 0.1) is 0 Å². The topological polar surface area (TPSA) is 41.1 Å². The van der Waals surface area contributed by atoms with Crippen molar-refractivity contribution in [2.24, 2.45) is 0 Å². The summed E-state index contributed by atoms with van der Waals surface area (Å²) in [6, 6.07) is 4.84. The quantitative estimate of drug-likeness (QED) is 0.784. The zero-order chi connectivity index (χ0) is 15.7. The number of rotatable bonds is 1. The molecule has 2 aliphatic rings. The highest BCUT2D eigenvalue weighted by Gasteiger charge is 2.30. The predicted octanol–water partition coefficient (Wildman–Crippen LogP) is 2.86. The monoisotopic (exact) mass is 308 g/mol. The Hall–Kier alpha value is -2.24. The van der Waals surface area contributed by atoms with Gasteiger partial charge in [0.1, 0.15) is 5.82 Å². The summed E-state index contributed by atoms with van der Waals surface area (Å²) >= 11 is 0. The van der Waals surface area contributed by atoms with E-state index in [1.807, 2.05) is 0 Å². The summed E-state index contributed by atoms with van der Waals surface area (Å²) in [4.78, 5) is 12.3. The first-order valence-corrected chi connectivity index (χ1v) is 7.08. The third-order valence-electron chi connectivity index (χ3n) is 3.82. The number of benzene rings is 1. The SMILES string of the molecule is O=C1C(=C2NCCN2)CC/C1=C\c1ccc(C(F)(F)F)cc1. The minimum absolute atomic E-state index is 0.0307. The first kappa shape index (κ1) is 14.7. The van der Waals surface area contributed by atoms with Gasteiger partial charge in [-0.15, -0.1) is 0 Å². The molecule has 22 heavy (non-hydrogen) atoms. The van der Waals surface area contributed by atoms with E-state index in [4.69, 9.17) is 0 Å². The highest BCUT2D eigenvalue weighted by Crippen LogP contribution is 2.31. The number of nitrogens with one attached hydrogen (secondary N) is 2. The van der Waals surface area contributed by atoms with Gasteiger partial charge in [-0.25, -0.2) is 0 Å². The summed E-state index contributed by atoms with van der Waals surface area (Å²) < 4.78 is 37.6. The van der Waals surface area contributed by atoms with Crippen LogP contribution in [0.15, 0.2) is 41.2 Å². The molecule has 2 N–H and O–H groups in total. The number of ketones is 1. The Bertz CT molecular complexity index is 649. The van der Waals surface area contributed by atoms with Gasteiger partial charge < -0.3 is 10.6 Å². The Balaban J connectivity index is 1.81. The molecule has 3 nitrogen and oxygen atoms in total. The lowest BCUT2D eigenvalue weighted by Crippen LogP contribution is -2.15. The normalized spacial score (nSPS) is 20.5. The number of carbonyl (C=O) groups excluding carboxylic acids is 1. The standard InChI is InChI=1S/C16H15F3N2O/c17-16(18,19)12-4-1-10(2-5-12)9-11-3-6-13(14(11)22)15-20-7-8-21-15/h1-2,4-5,9,20-21H,3,6-8H2/b11-9+. The van der Waals surface area contributed by atoms with Gasteiger partial charge in [0.25, 0.3) is 0 Å². The Morgan fingerprint density at radius 1 is 1.00 bits per heavy atom. The summed E-state index contributed by atoms with van der Waals surface area (Å²) in [5.41, 5.74) is 1.29. The number of hydrogen-bond acceptors (Lipinski definition) is 3. The van der Waals surface area contributed by atoms with E-state index in [-0.39, 0.29) is 5.78 Å². The summed E-state index contributed by atoms with van der Waals surface area (Å²) in [6.07, 6.45) is -1.40. The van der Waals surface area contributed by atoms with Crippen molar-refractivity contribution in [2.75, 3.05) is 13.1 Å². The molecule has 3 rings (SSSR count). The molecule has 0 atom stereocenters. The average molecular weight is 308 g/mol. The molecule has 1 aliphatic heterocycles. The molecule has 1 aromatic carbocycles. The first-order chi connectivity index (χ1) is 10.4. The van der Waals surface area contributed by atoms with Crippen LogP contribution >= 0.6 is 0 Å². The van der Waals surface area contributed by atoms with Crippen molar-refractivity contribution in [2.45, 2.75) is 19.0 Å². The Labute approximate surface area is 125 Å². The number of halogens is 3. The van der Waals surface area contributed by atoms with Crippen LogP contribution < -0.4 is 10.6 Å². The fourth-order valence-electron chi connectivity index (χ4n) is 2.68. The maximum absolute atomic E-state index is 12.5. The van der Waals surface area contributed by atoms with Crippen molar-refractivity contribution in [3.8, 4) is 0 Å². The van der Waals surface area contributed by atoms with Gasteiger partial charge in [0.15, 0.2) is 5.78 Å². The van der Waals surface area contributed by atoms with Crippen LogP contribution in [-0.4, -0.2) is 18.9 Å². The van der Waals surface area contributed by atoms with Gasteiger partial charge in [-0.2, -0.15) is 13.2 Å². The lowest BCUT2D eigenvalue weighted by atomic mass is 10.1. The molecule has 1 aliphatic carbocycles. The predicted molar refractivity (Wildman–Crippen MR) is 76.7 cm³/mol. The van der Waals surface area contributed by atoms with Gasteiger partial charge in [0.05, 0.1) is 5.56 Å². The molecule has 1 aromatic rings. The second kappa shape index (κ2) is 5.51. The average Bonchev–Trinajstić information content (AvgIpc) is 3.09. The first-order valence-electron chi connectivity index (χ1n) is 7.08. The molecule has 116 valence electrons. The molecule has 0 spiro atoms. The van der Waals surface area contributed by atoms with Gasteiger partial charge in [-0.3, -0.25) is 4.79 Å². The van der Waals surface area contributed by atoms with Crippen molar-refractivity contribution < 1.29 is 18.0 Å². The Morgan fingerprint density at radius 2 is 1.64 bits per heavy atom. The van der Waals surface area contributed by atoms with Crippen LogP contribution in [0.2, 0.25) is 0 Å². The minimum atomic E-state index is -4.34. The summed E-state index contributed by atoms with van der Waals surface area (Å²) in [5.74, 6) is 0.762. The van der Waals surface area contributed by atoms with Crippen LogP contribution in [0.4, 0.5) is 13.2 Å². The Morgan fingerprint density at radius 3 is 2.23 bits per heavy atom. The molecule has 0 unspecified atom stereocenters. The number of alkyl halides is 3. The molecule has 1 saturated heterocycles. The number of hydrogen-bond donors (Lipinski definition) is 2. The van der Waals surface area contributed by atoms with Crippen molar-refractivity contribution in [1.82, 2.24) is 10.6 Å². The van der Waals surface area contributed by atoms with E-state index in [9.17, 15) is 18.0 Å². The molecule has 0 bridgehead atoms. The second-order valence-electron chi connectivity index (χ2n) is 5.33. The maximum atomic E-state index is 12.5. The molecule has 2 fully saturated rings. The van der Waals surface area contributed by atoms with E-state index in [1.165, 1.54) is 12.1 Å². The minimum Gasteiger partial charge on any atom is -0.370 e. The molecule has 0 aromatic heterocycles. The summed E-state index contributed by atoms with van der Waals surface area (Å²) in [5, 5.41) is 6.27. The van der Waals surface area contributed by atoms with Gasteiger partial charge in [0.2, 0.25) is 0 Å². The van der Waals surface area contributed by atoms with Gasteiger partial charge in [0, 0.05) is 24.2 Å². The lowest BCUT2D eigenvalue weighted by molar-refractivity contribution is -0.137. The third-order valence-corrected chi connectivity index (χ3v) is 3.82. The molecule has 1 heterocycles. The van der Waals surface area contributed by atoms with E-state index >= 15 is 0 Å². The van der Waals surface area contributed by atoms with E-state index in [0.29, 0.717) is 24.0 Å². The molecule has 0 amide bonds. The molecule has 1 saturated carbocycles. The van der Waals surface area contributed by atoms with Gasteiger partial charge in [-0.1, -0.05) is 12.1 Å². The van der Waals surface area contributed by atoms with Crippen molar-refractivity contribution >= 4 is 11.9 Å². The zero-order valence-electron chi connectivity index (χ0n) is 11.8. The summed E-state index contributed by atoms with van der Waals surface area (Å²) in [7, 11) is 0. The lowest BCUT2D eigenvalue weighted by Gasteiger charge is -2.06. The van der Waals surface area contributed by atoms with Gasteiger partial charge >= 0.3 is 6.18 Å². The van der Waals surface area contributed by atoms with Crippen molar-refractivity contribution in [3.63, 3.8) is 0 Å². The zero-order valence-corrected chi connectivity index (χ0v) is 11.8. The van der Waals surface area contributed by atoms with Gasteiger partial charge in [-0.05, 0) is 36.6 Å². The van der Waals surface area contributed by atoms with Crippen LogP contribution in [0.3, 0.4) is 0 Å². The third kappa shape index (κ3) is 2.86. The number of Topliss-reactive ketones (excluding diaryl/α,β-unsaturated/α-hetero) is 1. The van der Waals surface area contributed by atoms with Crippen LogP contribution in [0.5, 0.6) is 0 Å². The number of carbonyl (C=O) groups is 1. The van der Waals surface area contributed by atoms with Crippen LogP contribution in [0.25, 0.3) is 6.08 Å². The highest BCUT2D eigenvalue weighted by molar-refractivity contribution is 6.13. The van der Waals surface area contributed by atoms with Crippen molar-refractivity contribution in [3.05, 3.63) is 52.4 Å². The van der Waals surface area contributed by atoms with Crippen LogP contribution in [-0.2, 0) is 11.0 Å². The molecule has 6 heteroatoms. The molecular weight excluding hydrogens is 293 g/mol. The Kier molecular flexibility index (Phi) is 3.68. The van der Waals surface area contributed by atoms with Crippen molar-refractivity contribution in [1.29, 1.82) is 0 Å². The molecule has 0 radical (unpaired) electrons. The van der Waals surface area contributed by atoms with E-state index in [1.54, 1.807) is 6.08 Å². The van der Waals surface area contributed by atoms with E-state index < -0.39 is 11.7 Å². The van der Waals surface area contributed by atoms with E-state index in [0.717, 1.165) is 36.6 Å². The fourth-order valence-corrected chi connectivity index (χ4v) is 2.68. The van der Waals surface area contributed by atoms with Crippen LogP contribution in [0.1, 0.15) is 24.0 Å². The fraction of sp³-hybridized carbons (Fsp3) is 0.312. The summed E-state index contributed by atoms with van der Waals surface area (Å²) in [6.45, 7) is 1.59. The second-order valence-corrected chi connectivity index (χ2v) is 5.33. The number of allylic oxidation sites excluding steroid dienone is 2. The largest absolute Gasteiger partial charge is 0.416 e. The highest BCUT2D eigenvalue weighted by atomic mass is 19.4. The van der Waals surface area contributed by atoms with E-state index in [2.05, 4.69) is 10.6 Å². The molecular formula is C16H15F3N2O.